The van der Waals surface area contributed by atoms with E-state index in [0.29, 0.717) is 6.54 Å². The third-order valence-electron chi connectivity index (χ3n) is 3.20. The number of benzene rings is 1. The van der Waals surface area contributed by atoms with Gasteiger partial charge in [-0.25, -0.2) is 4.98 Å². The molecule has 3 rings (SSSR count). The summed E-state index contributed by atoms with van der Waals surface area (Å²) in [5.41, 5.74) is 1.78. The zero-order valence-electron chi connectivity index (χ0n) is 12.1. The second-order valence-corrected chi connectivity index (χ2v) is 5.92. The second-order valence-electron chi connectivity index (χ2n) is 4.89. The standard InChI is InChI=1S/C16H16N4OS/c1-11(15(21)18-10-12-6-4-5-9-17-12)19-16-20-13-7-2-3-8-14(13)22-16/h2-9,11H,10H2,1H3,(H,18,21)(H,19,20). The number of rotatable bonds is 5. The molecule has 0 bridgehead atoms. The lowest BCUT2D eigenvalue weighted by atomic mass is 10.3. The van der Waals surface area contributed by atoms with Crippen LogP contribution in [0.2, 0.25) is 0 Å². The van der Waals surface area contributed by atoms with Crippen LogP contribution in [-0.4, -0.2) is 21.9 Å². The van der Waals surface area contributed by atoms with Crippen LogP contribution in [0, 0.1) is 0 Å². The van der Waals surface area contributed by atoms with Gasteiger partial charge in [-0.15, -0.1) is 0 Å². The Hall–Kier alpha value is -2.47. The fraction of sp³-hybridized carbons (Fsp3) is 0.188. The monoisotopic (exact) mass is 312 g/mol. The third-order valence-corrected chi connectivity index (χ3v) is 4.16. The van der Waals surface area contributed by atoms with Crippen molar-refractivity contribution in [3.05, 3.63) is 54.4 Å². The zero-order chi connectivity index (χ0) is 15.4. The van der Waals surface area contributed by atoms with Gasteiger partial charge in [0.1, 0.15) is 6.04 Å². The molecule has 22 heavy (non-hydrogen) atoms. The van der Waals surface area contributed by atoms with Crippen LogP contribution in [0.3, 0.4) is 0 Å². The van der Waals surface area contributed by atoms with Crippen molar-refractivity contribution < 1.29 is 4.79 Å². The predicted octanol–water partition coefficient (Wildman–Crippen LogP) is 2.81. The molecule has 0 radical (unpaired) electrons. The van der Waals surface area contributed by atoms with E-state index >= 15 is 0 Å². The lowest BCUT2D eigenvalue weighted by molar-refractivity contribution is -0.121. The van der Waals surface area contributed by atoms with Gasteiger partial charge in [-0.05, 0) is 31.2 Å². The first-order valence-corrected chi connectivity index (χ1v) is 7.84. The summed E-state index contributed by atoms with van der Waals surface area (Å²) in [5, 5.41) is 6.76. The summed E-state index contributed by atoms with van der Waals surface area (Å²) >= 11 is 1.54. The van der Waals surface area contributed by atoms with Crippen molar-refractivity contribution in [2.45, 2.75) is 19.5 Å². The first-order valence-electron chi connectivity index (χ1n) is 7.02. The molecule has 1 amide bonds. The van der Waals surface area contributed by atoms with Gasteiger partial charge in [0, 0.05) is 6.20 Å². The lowest BCUT2D eigenvalue weighted by Crippen LogP contribution is -2.37. The van der Waals surface area contributed by atoms with Gasteiger partial charge >= 0.3 is 0 Å². The van der Waals surface area contributed by atoms with Crippen molar-refractivity contribution in [2.24, 2.45) is 0 Å². The second kappa shape index (κ2) is 6.53. The number of para-hydroxylation sites is 1. The molecule has 3 aromatic rings. The molecule has 0 aliphatic heterocycles. The Morgan fingerprint density at radius 3 is 2.82 bits per heavy atom. The number of nitrogens with one attached hydrogen (secondary N) is 2. The van der Waals surface area contributed by atoms with E-state index in [9.17, 15) is 4.79 Å². The van der Waals surface area contributed by atoms with Crippen LogP contribution in [0.5, 0.6) is 0 Å². The van der Waals surface area contributed by atoms with Crippen molar-refractivity contribution in [1.82, 2.24) is 15.3 Å². The Morgan fingerprint density at radius 1 is 1.23 bits per heavy atom. The van der Waals surface area contributed by atoms with Gasteiger partial charge in [0.2, 0.25) is 5.91 Å². The Kier molecular flexibility index (Phi) is 4.29. The number of nitrogens with zero attached hydrogens (tertiary/aromatic N) is 2. The van der Waals surface area contributed by atoms with Crippen LogP contribution in [-0.2, 0) is 11.3 Å². The summed E-state index contributed by atoms with van der Waals surface area (Å²) in [6, 6.07) is 13.2. The molecule has 6 heteroatoms. The number of fused-ring (bicyclic) bond motifs is 1. The van der Waals surface area contributed by atoms with Crippen LogP contribution >= 0.6 is 11.3 Å². The minimum atomic E-state index is -0.357. The summed E-state index contributed by atoms with van der Waals surface area (Å²) in [5.74, 6) is -0.0788. The topological polar surface area (TPSA) is 66.9 Å². The molecule has 2 heterocycles. The quantitative estimate of drug-likeness (QED) is 0.760. The minimum Gasteiger partial charge on any atom is -0.350 e. The number of pyridine rings is 1. The molecule has 0 aliphatic rings. The largest absolute Gasteiger partial charge is 0.350 e. The first kappa shape index (κ1) is 14.5. The highest BCUT2D eigenvalue weighted by atomic mass is 32.1. The summed E-state index contributed by atoms with van der Waals surface area (Å²) < 4.78 is 1.10. The average Bonchev–Trinajstić information content (AvgIpc) is 2.95. The molecule has 0 fully saturated rings. The number of anilines is 1. The SMILES string of the molecule is CC(Nc1nc2ccccc2s1)C(=O)NCc1ccccn1. The van der Waals surface area contributed by atoms with Crippen molar-refractivity contribution in [3.63, 3.8) is 0 Å². The molecule has 0 saturated heterocycles. The van der Waals surface area contributed by atoms with E-state index in [1.54, 1.807) is 17.5 Å². The van der Waals surface area contributed by atoms with Crippen molar-refractivity contribution in [1.29, 1.82) is 0 Å². The van der Waals surface area contributed by atoms with Crippen LogP contribution in [0.15, 0.2) is 48.7 Å². The number of aromatic nitrogens is 2. The predicted molar refractivity (Wildman–Crippen MR) is 88.8 cm³/mol. The van der Waals surface area contributed by atoms with E-state index < -0.39 is 0 Å². The van der Waals surface area contributed by atoms with Gasteiger partial charge in [-0.3, -0.25) is 9.78 Å². The first-order chi connectivity index (χ1) is 10.7. The molecule has 0 aliphatic carbocycles. The van der Waals surface area contributed by atoms with Crippen molar-refractivity contribution in [3.8, 4) is 0 Å². The Morgan fingerprint density at radius 2 is 2.05 bits per heavy atom. The molecule has 1 unspecified atom stereocenters. The molecule has 0 saturated carbocycles. The minimum absolute atomic E-state index is 0.0788. The number of carbonyl (C=O) groups is 1. The van der Waals surface area contributed by atoms with Crippen LogP contribution in [0.1, 0.15) is 12.6 Å². The highest BCUT2D eigenvalue weighted by Gasteiger charge is 2.14. The molecule has 1 atom stereocenters. The number of hydrogen-bond acceptors (Lipinski definition) is 5. The Labute approximate surface area is 132 Å². The number of hydrogen-bond donors (Lipinski definition) is 2. The molecule has 5 nitrogen and oxygen atoms in total. The van der Waals surface area contributed by atoms with Gasteiger partial charge < -0.3 is 10.6 Å². The van der Waals surface area contributed by atoms with E-state index in [2.05, 4.69) is 20.6 Å². The highest BCUT2D eigenvalue weighted by molar-refractivity contribution is 7.22. The Bertz CT molecular complexity index is 739. The maximum absolute atomic E-state index is 12.1. The summed E-state index contributed by atoms with van der Waals surface area (Å²) in [7, 11) is 0. The average molecular weight is 312 g/mol. The maximum Gasteiger partial charge on any atom is 0.242 e. The van der Waals surface area contributed by atoms with E-state index in [1.807, 2.05) is 49.4 Å². The van der Waals surface area contributed by atoms with Gasteiger partial charge in [0.15, 0.2) is 5.13 Å². The molecular formula is C16H16N4OS. The van der Waals surface area contributed by atoms with Crippen molar-refractivity contribution in [2.75, 3.05) is 5.32 Å². The summed E-state index contributed by atoms with van der Waals surface area (Å²) in [6.45, 7) is 2.24. The van der Waals surface area contributed by atoms with Crippen LogP contribution in [0.4, 0.5) is 5.13 Å². The van der Waals surface area contributed by atoms with Crippen molar-refractivity contribution >= 4 is 32.6 Å². The molecule has 1 aromatic carbocycles. The smallest absolute Gasteiger partial charge is 0.242 e. The Balaban J connectivity index is 1.58. The van der Waals surface area contributed by atoms with E-state index in [0.717, 1.165) is 21.0 Å². The number of carbonyl (C=O) groups excluding carboxylic acids is 1. The van der Waals surface area contributed by atoms with Gasteiger partial charge in [0.05, 0.1) is 22.5 Å². The fourth-order valence-electron chi connectivity index (χ4n) is 2.02. The normalized spacial score (nSPS) is 12.0. The molecule has 2 N–H and O–H groups in total. The molecule has 2 aromatic heterocycles. The third kappa shape index (κ3) is 3.40. The fourth-order valence-corrected chi connectivity index (χ4v) is 2.97. The number of thiazole rings is 1. The van der Waals surface area contributed by atoms with E-state index in [-0.39, 0.29) is 11.9 Å². The van der Waals surface area contributed by atoms with Gasteiger partial charge in [0.25, 0.3) is 0 Å². The van der Waals surface area contributed by atoms with E-state index in [1.165, 1.54) is 0 Å². The van der Waals surface area contributed by atoms with Gasteiger partial charge in [-0.1, -0.05) is 29.5 Å². The maximum atomic E-state index is 12.1. The number of amides is 1. The summed E-state index contributed by atoms with van der Waals surface area (Å²) in [4.78, 5) is 20.8. The summed E-state index contributed by atoms with van der Waals surface area (Å²) in [6.07, 6.45) is 1.71. The van der Waals surface area contributed by atoms with Crippen LogP contribution in [0.25, 0.3) is 10.2 Å². The van der Waals surface area contributed by atoms with Crippen LogP contribution < -0.4 is 10.6 Å². The highest BCUT2D eigenvalue weighted by Crippen LogP contribution is 2.25. The lowest BCUT2D eigenvalue weighted by Gasteiger charge is -2.12. The molecule has 112 valence electrons. The van der Waals surface area contributed by atoms with E-state index in [4.69, 9.17) is 0 Å². The zero-order valence-corrected chi connectivity index (χ0v) is 12.9. The van der Waals surface area contributed by atoms with Gasteiger partial charge in [-0.2, -0.15) is 0 Å². The molecular weight excluding hydrogens is 296 g/mol. The molecule has 0 spiro atoms.